The fourth-order valence-electron chi connectivity index (χ4n) is 1.64. The Labute approximate surface area is 112 Å². The molecule has 18 heavy (non-hydrogen) atoms. The van der Waals surface area contributed by atoms with Crippen molar-refractivity contribution in [1.82, 2.24) is 15.2 Å². The number of nitrogens with one attached hydrogen (secondary N) is 1. The van der Waals surface area contributed by atoms with Crippen molar-refractivity contribution in [2.75, 3.05) is 26.2 Å². The van der Waals surface area contributed by atoms with E-state index in [0.29, 0.717) is 18.8 Å². The van der Waals surface area contributed by atoms with Crippen molar-refractivity contribution in [3.63, 3.8) is 0 Å². The Bertz CT molecular complexity index is 363. The Hall–Kier alpha value is -0.980. The largest absolute Gasteiger partial charge is 0.351 e. The lowest BCUT2D eigenvalue weighted by molar-refractivity contribution is 0.0947. The Morgan fingerprint density at radius 3 is 2.78 bits per heavy atom. The monoisotopic (exact) mass is 270 g/mol. The summed E-state index contributed by atoms with van der Waals surface area (Å²) < 4.78 is 0. The first-order valence-electron chi connectivity index (χ1n) is 6.36. The normalized spacial score (nSPS) is 10.9. The molecule has 1 heterocycles. The predicted octanol–water partition coefficient (Wildman–Crippen LogP) is 1.06. The van der Waals surface area contributed by atoms with Crippen LogP contribution in [0.5, 0.6) is 0 Å². The maximum absolute atomic E-state index is 11.7. The third-order valence-electron chi connectivity index (χ3n) is 2.79. The summed E-state index contributed by atoms with van der Waals surface area (Å²) in [6.07, 6.45) is 0.960. The molecule has 0 saturated carbocycles. The van der Waals surface area contributed by atoms with Gasteiger partial charge in [0, 0.05) is 18.5 Å². The van der Waals surface area contributed by atoms with E-state index >= 15 is 0 Å². The highest BCUT2D eigenvalue weighted by Crippen LogP contribution is 2.08. The van der Waals surface area contributed by atoms with Crippen LogP contribution >= 0.6 is 11.3 Å². The molecule has 0 fully saturated rings. The number of rotatable bonds is 8. The number of nitrogens with two attached hydrogens (primary N) is 1. The maximum atomic E-state index is 11.7. The van der Waals surface area contributed by atoms with Gasteiger partial charge in [-0.1, -0.05) is 13.8 Å². The van der Waals surface area contributed by atoms with E-state index in [1.807, 2.05) is 0 Å². The third-order valence-corrected chi connectivity index (χ3v) is 3.66. The van der Waals surface area contributed by atoms with E-state index in [1.54, 1.807) is 5.38 Å². The van der Waals surface area contributed by atoms with Gasteiger partial charge in [0.2, 0.25) is 0 Å². The van der Waals surface area contributed by atoms with Crippen LogP contribution in [0.4, 0.5) is 0 Å². The van der Waals surface area contributed by atoms with Crippen LogP contribution in [-0.2, 0) is 6.54 Å². The first-order valence-corrected chi connectivity index (χ1v) is 7.24. The third kappa shape index (κ3) is 4.72. The lowest BCUT2D eigenvalue weighted by Gasteiger charge is -2.17. The van der Waals surface area contributed by atoms with Crippen LogP contribution in [0.1, 0.15) is 35.8 Å². The molecule has 0 aromatic carbocycles. The molecule has 0 radical (unpaired) electrons. The number of carbonyl (C=O) groups excluding carboxylic acids is 1. The van der Waals surface area contributed by atoms with Gasteiger partial charge in [0.25, 0.3) is 5.91 Å². The van der Waals surface area contributed by atoms with Crippen LogP contribution in [0.2, 0.25) is 0 Å². The summed E-state index contributed by atoms with van der Waals surface area (Å²) in [6, 6.07) is 0. The zero-order valence-electron chi connectivity index (χ0n) is 11.1. The van der Waals surface area contributed by atoms with Crippen LogP contribution in [0.15, 0.2) is 5.38 Å². The van der Waals surface area contributed by atoms with Crippen molar-refractivity contribution >= 4 is 17.2 Å². The molecule has 102 valence electrons. The van der Waals surface area contributed by atoms with Gasteiger partial charge in [0.1, 0.15) is 10.7 Å². The van der Waals surface area contributed by atoms with E-state index in [4.69, 9.17) is 5.73 Å². The second-order valence-corrected chi connectivity index (χ2v) is 4.91. The van der Waals surface area contributed by atoms with Gasteiger partial charge in [-0.25, -0.2) is 4.98 Å². The van der Waals surface area contributed by atoms with Crippen molar-refractivity contribution in [3.8, 4) is 0 Å². The summed E-state index contributed by atoms with van der Waals surface area (Å²) in [7, 11) is 0. The molecule has 0 aliphatic heterocycles. The molecule has 1 rings (SSSR count). The fraction of sp³-hybridized carbons (Fsp3) is 0.667. The van der Waals surface area contributed by atoms with Gasteiger partial charge in [0.15, 0.2) is 0 Å². The lowest BCUT2D eigenvalue weighted by Crippen LogP contribution is -2.30. The van der Waals surface area contributed by atoms with Crippen molar-refractivity contribution < 1.29 is 4.79 Å². The summed E-state index contributed by atoms with van der Waals surface area (Å²) in [5.74, 6) is -0.106. The number of nitrogens with zero attached hydrogens (tertiary/aromatic N) is 2. The molecular weight excluding hydrogens is 248 g/mol. The molecule has 0 saturated heterocycles. The minimum absolute atomic E-state index is 0.106. The van der Waals surface area contributed by atoms with Gasteiger partial charge < -0.3 is 16.0 Å². The molecule has 0 unspecified atom stereocenters. The Kier molecular flexibility index (Phi) is 6.85. The van der Waals surface area contributed by atoms with Crippen LogP contribution in [0, 0.1) is 0 Å². The van der Waals surface area contributed by atoms with Crippen LogP contribution < -0.4 is 11.1 Å². The number of hydrogen-bond acceptors (Lipinski definition) is 5. The second kappa shape index (κ2) is 8.18. The quantitative estimate of drug-likeness (QED) is 0.693. The molecule has 1 aromatic rings. The van der Waals surface area contributed by atoms with Crippen LogP contribution in [0.25, 0.3) is 0 Å². The van der Waals surface area contributed by atoms with Gasteiger partial charge >= 0.3 is 0 Å². The molecule has 5 nitrogen and oxygen atoms in total. The number of thiazole rings is 1. The summed E-state index contributed by atoms with van der Waals surface area (Å²) in [5.41, 5.74) is 5.93. The zero-order valence-corrected chi connectivity index (χ0v) is 11.9. The molecular formula is C12H22N4OS. The molecule has 0 aliphatic rings. The smallest absolute Gasteiger partial charge is 0.270 e. The predicted molar refractivity (Wildman–Crippen MR) is 74.7 cm³/mol. The number of amides is 1. The molecule has 1 aromatic heterocycles. The zero-order chi connectivity index (χ0) is 13.4. The second-order valence-electron chi connectivity index (χ2n) is 3.97. The van der Waals surface area contributed by atoms with E-state index in [2.05, 4.69) is 29.0 Å². The van der Waals surface area contributed by atoms with E-state index < -0.39 is 0 Å². The Balaban J connectivity index is 2.25. The summed E-state index contributed by atoms with van der Waals surface area (Å²) in [6.45, 7) is 8.48. The van der Waals surface area contributed by atoms with Gasteiger partial charge in [-0.15, -0.1) is 11.3 Å². The van der Waals surface area contributed by atoms with E-state index in [0.717, 1.165) is 31.1 Å². The minimum atomic E-state index is -0.106. The topological polar surface area (TPSA) is 71.2 Å². The number of aromatic nitrogens is 1. The highest BCUT2D eigenvalue weighted by Gasteiger charge is 2.09. The maximum Gasteiger partial charge on any atom is 0.270 e. The van der Waals surface area contributed by atoms with Gasteiger partial charge in [-0.2, -0.15) is 0 Å². The number of hydrogen-bond donors (Lipinski definition) is 2. The lowest BCUT2D eigenvalue weighted by atomic mass is 10.3. The van der Waals surface area contributed by atoms with Crippen LogP contribution in [0.3, 0.4) is 0 Å². The van der Waals surface area contributed by atoms with Gasteiger partial charge in [-0.05, 0) is 26.1 Å². The first kappa shape index (κ1) is 15.1. The van der Waals surface area contributed by atoms with Crippen molar-refractivity contribution in [2.45, 2.75) is 26.8 Å². The summed E-state index contributed by atoms with van der Waals surface area (Å²) >= 11 is 1.42. The standard InChI is InChI=1S/C12H22N4OS/c1-3-16(4-2)7-5-6-14-12(17)10-9-18-11(8-13)15-10/h9H,3-8,13H2,1-2H3,(H,14,17). The minimum Gasteiger partial charge on any atom is -0.351 e. The molecule has 0 bridgehead atoms. The van der Waals surface area contributed by atoms with Crippen LogP contribution in [-0.4, -0.2) is 42.0 Å². The highest BCUT2D eigenvalue weighted by molar-refractivity contribution is 7.09. The fourth-order valence-corrected chi connectivity index (χ4v) is 2.30. The molecule has 0 aliphatic carbocycles. The highest BCUT2D eigenvalue weighted by atomic mass is 32.1. The van der Waals surface area contributed by atoms with E-state index in [-0.39, 0.29) is 5.91 Å². The van der Waals surface area contributed by atoms with Gasteiger partial charge in [0.05, 0.1) is 0 Å². The molecule has 3 N–H and O–H groups in total. The summed E-state index contributed by atoms with van der Waals surface area (Å²) in [4.78, 5) is 18.2. The molecule has 0 atom stereocenters. The van der Waals surface area contributed by atoms with Crippen molar-refractivity contribution in [1.29, 1.82) is 0 Å². The Morgan fingerprint density at radius 2 is 2.22 bits per heavy atom. The SMILES string of the molecule is CCN(CC)CCCNC(=O)c1csc(CN)n1. The van der Waals surface area contributed by atoms with Gasteiger partial charge in [-0.3, -0.25) is 4.79 Å². The molecule has 1 amide bonds. The van der Waals surface area contributed by atoms with E-state index in [1.165, 1.54) is 11.3 Å². The van der Waals surface area contributed by atoms with Crippen molar-refractivity contribution in [3.05, 3.63) is 16.1 Å². The average Bonchev–Trinajstić information content (AvgIpc) is 2.87. The summed E-state index contributed by atoms with van der Waals surface area (Å²) in [5, 5.41) is 5.42. The molecule has 0 spiro atoms. The first-order chi connectivity index (χ1) is 8.71. The Morgan fingerprint density at radius 1 is 1.50 bits per heavy atom. The average molecular weight is 270 g/mol. The molecule has 6 heteroatoms. The number of carbonyl (C=O) groups is 1. The van der Waals surface area contributed by atoms with Crippen molar-refractivity contribution in [2.24, 2.45) is 5.73 Å². The van der Waals surface area contributed by atoms with E-state index in [9.17, 15) is 4.79 Å².